The summed E-state index contributed by atoms with van der Waals surface area (Å²) in [7, 11) is 0. The second-order valence-corrected chi connectivity index (χ2v) is 4.67. The van der Waals surface area contributed by atoms with Gasteiger partial charge in [0.1, 0.15) is 0 Å². The average Bonchev–Trinajstić information content (AvgIpc) is 2.41. The normalized spacial score (nSPS) is 38.1. The summed E-state index contributed by atoms with van der Waals surface area (Å²) in [6, 6.07) is 0.0787. The molecule has 0 amide bonds. The number of rotatable bonds is 1. The largest absolute Gasteiger partial charge is 0.313 e. The van der Waals surface area contributed by atoms with Gasteiger partial charge < -0.3 is 5.32 Å². The molecule has 0 aromatic rings. The minimum absolute atomic E-state index is 0.0787. The smallest absolute Gasteiger partial charge is 0.252 e. The maximum Gasteiger partial charge on any atom is 0.252 e. The van der Waals surface area contributed by atoms with Gasteiger partial charge in [0.25, 0.3) is 5.92 Å². The maximum absolute atomic E-state index is 13.5. The fourth-order valence-electron chi connectivity index (χ4n) is 2.85. The van der Waals surface area contributed by atoms with E-state index >= 15 is 0 Å². The molecule has 0 spiro atoms. The summed E-state index contributed by atoms with van der Waals surface area (Å²) in [5.74, 6) is -2.79. The first-order valence-corrected chi connectivity index (χ1v) is 5.81. The summed E-state index contributed by atoms with van der Waals surface area (Å²) in [5.41, 5.74) is 0. The lowest BCUT2D eigenvalue weighted by atomic mass is 9.92. The molecule has 1 aliphatic heterocycles. The van der Waals surface area contributed by atoms with Crippen LogP contribution in [0.5, 0.6) is 0 Å². The van der Waals surface area contributed by atoms with Crippen LogP contribution in [-0.2, 0) is 0 Å². The first kappa shape index (κ1) is 10.3. The fraction of sp³-hybridized carbons (Fsp3) is 1.00. The molecule has 1 saturated heterocycles. The van der Waals surface area contributed by atoms with Gasteiger partial charge in [-0.1, -0.05) is 12.8 Å². The molecule has 2 atom stereocenters. The van der Waals surface area contributed by atoms with Crippen LogP contribution in [0, 0.1) is 5.92 Å². The molecule has 1 saturated carbocycles. The van der Waals surface area contributed by atoms with Gasteiger partial charge in [-0.3, -0.25) is 0 Å². The Hall–Kier alpha value is -0.180. The molecule has 2 unspecified atom stereocenters. The zero-order valence-electron chi connectivity index (χ0n) is 8.57. The molecule has 0 radical (unpaired) electrons. The SMILES string of the molecule is FC1(F)CCCC1C1CCCCCN1. The Balaban J connectivity index is 1.98. The number of halogens is 2. The average molecular weight is 203 g/mol. The predicted molar refractivity (Wildman–Crippen MR) is 52.5 cm³/mol. The molecule has 1 N–H and O–H groups in total. The summed E-state index contributed by atoms with van der Waals surface area (Å²) in [4.78, 5) is 0. The Morgan fingerprint density at radius 3 is 2.57 bits per heavy atom. The van der Waals surface area contributed by atoms with Gasteiger partial charge in [0.2, 0.25) is 0 Å². The van der Waals surface area contributed by atoms with Crippen LogP contribution in [0.1, 0.15) is 44.9 Å². The van der Waals surface area contributed by atoms with Crippen molar-refractivity contribution in [2.45, 2.75) is 56.9 Å². The minimum Gasteiger partial charge on any atom is -0.313 e. The third kappa shape index (κ3) is 2.08. The Morgan fingerprint density at radius 2 is 1.86 bits per heavy atom. The summed E-state index contributed by atoms with van der Waals surface area (Å²) in [6.45, 7) is 0.928. The van der Waals surface area contributed by atoms with Gasteiger partial charge in [-0.05, 0) is 32.2 Å². The number of hydrogen-bond acceptors (Lipinski definition) is 1. The van der Waals surface area contributed by atoms with Gasteiger partial charge in [0.15, 0.2) is 0 Å². The Morgan fingerprint density at radius 1 is 1.00 bits per heavy atom. The van der Waals surface area contributed by atoms with E-state index in [0.717, 1.165) is 25.8 Å². The molecule has 2 fully saturated rings. The van der Waals surface area contributed by atoms with Crippen LogP contribution >= 0.6 is 0 Å². The van der Waals surface area contributed by atoms with E-state index in [0.29, 0.717) is 12.8 Å². The van der Waals surface area contributed by atoms with E-state index in [4.69, 9.17) is 0 Å². The Bertz CT molecular complexity index is 186. The highest BCUT2D eigenvalue weighted by molar-refractivity contribution is 4.92. The van der Waals surface area contributed by atoms with E-state index in [1.54, 1.807) is 0 Å². The third-order valence-corrected chi connectivity index (χ3v) is 3.65. The van der Waals surface area contributed by atoms with Crippen LogP contribution in [-0.4, -0.2) is 18.5 Å². The number of hydrogen-bond donors (Lipinski definition) is 1. The molecule has 1 nitrogen and oxygen atoms in total. The molecular weight excluding hydrogens is 184 g/mol. The minimum atomic E-state index is -2.40. The highest BCUT2D eigenvalue weighted by atomic mass is 19.3. The molecule has 3 heteroatoms. The molecule has 2 rings (SSSR count). The van der Waals surface area contributed by atoms with Gasteiger partial charge in [0.05, 0.1) is 0 Å². The third-order valence-electron chi connectivity index (χ3n) is 3.65. The standard InChI is InChI=1S/C11H19F2N/c12-11(13)7-4-5-9(11)10-6-2-1-3-8-14-10/h9-10,14H,1-8H2. The zero-order valence-corrected chi connectivity index (χ0v) is 8.57. The second kappa shape index (κ2) is 4.13. The van der Waals surface area contributed by atoms with E-state index in [9.17, 15) is 8.78 Å². The molecular formula is C11H19F2N. The molecule has 0 aromatic heterocycles. The van der Waals surface area contributed by atoms with E-state index < -0.39 is 5.92 Å². The van der Waals surface area contributed by atoms with E-state index in [1.807, 2.05) is 0 Å². The Kier molecular flexibility index (Phi) is 3.05. The fourth-order valence-corrected chi connectivity index (χ4v) is 2.85. The van der Waals surface area contributed by atoms with Crippen LogP contribution in [0.3, 0.4) is 0 Å². The monoisotopic (exact) mass is 203 g/mol. The molecule has 1 heterocycles. The van der Waals surface area contributed by atoms with Crippen molar-refractivity contribution in [2.24, 2.45) is 5.92 Å². The van der Waals surface area contributed by atoms with Gasteiger partial charge in [-0.15, -0.1) is 0 Å². The number of alkyl halides is 2. The van der Waals surface area contributed by atoms with E-state index in [-0.39, 0.29) is 18.4 Å². The van der Waals surface area contributed by atoms with Crippen molar-refractivity contribution in [3.8, 4) is 0 Å². The Labute approximate surface area is 84.3 Å². The molecule has 14 heavy (non-hydrogen) atoms. The van der Waals surface area contributed by atoms with Crippen molar-refractivity contribution in [3.05, 3.63) is 0 Å². The van der Waals surface area contributed by atoms with Crippen LogP contribution < -0.4 is 5.32 Å². The van der Waals surface area contributed by atoms with Crippen molar-refractivity contribution in [3.63, 3.8) is 0 Å². The summed E-state index contributed by atoms with van der Waals surface area (Å²) < 4.78 is 27.0. The summed E-state index contributed by atoms with van der Waals surface area (Å²) >= 11 is 0. The van der Waals surface area contributed by atoms with Crippen LogP contribution in [0.2, 0.25) is 0 Å². The van der Waals surface area contributed by atoms with Crippen molar-refractivity contribution >= 4 is 0 Å². The molecule has 82 valence electrons. The van der Waals surface area contributed by atoms with Crippen molar-refractivity contribution in [1.29, 1.82) is 0 Å². The van der Waals surface area contributed by atoms with Gasteiger partial charge >= 0.3 is 0 Å². The number of nitrogens with one attached hydrogen (secondary N) is 1. The molecule has 0 aromatic carbocycles. The van der Waals surface area contributed by atoms with Gasteiger partial charge in [0, 0.05) is 18.4 Å². The first-order valence-electron chi connectivity index (χ1n) is 5.81. The van der Waals surface area contributed by atoms with Gasteiger partial charge in [-0.25, -0.2) is 8.78 Å². The molecule has 1 aliphatic carbocycles. The predicted octanol–water partition coefficient (Wildman–Crippen LogP) is 2.95. The summed E-state index contributed by atoms with van der Waals surface area (Å²) in [6.07, 6.45) is 5.93. The van der Waals surface area contributed by atoms with Gasteiger partial charge in [-0.2, -0.15) is 0 Å². The quantitative estimate of drug-likeness (QED) is 0.691. The molecule has 2 aliphatic rings. The maximum atomic E-state index is 13.5. The highest BCUT2D eigenvalue weighted by Gasteiger charge is 2.47. The van der Waals surface area contributed by atoms with E-state index in [1.165, 1.54) is 6.42 Å². The second-order valence-electron chi connectivity index (χ2n) is 4.67. The van der Waals surface area contributed by atoms with Crippen molar-refractivity contribution < 1.29 is 8.78 Å². The van der Waals surface area contributed by atoms with Crippen LogP contribution in [0.25, 0.3) is 0 Å². The summed E-state index contributed by atoms with van der Waals surface area (Å²) in [5, 5.41) is 3.30. The van der Waals surface area contributed by atoms with Crippen molar-refractivity contribution in [2.75, 3.05) is 6.54 Å². The highest BCUT2D eigenvalue weighted by Crippen LogP contribution is 2.43. The topological polar surface area (TPSA) is 12.0 Å². The van der Waals surface area contributed by atoms with Crippen LogP contribution in [0.15, 0.2) is 0 Å². The lowest BCUT2D eigenvalue weighted by Gasteiger charge is -2.28. The van der Waals surface area contributed by atoms with Crippen LogP contribution in [0.4, 0.5) is 8.78 Å². The first-order chi connectivity index (χ1) is 6.70. The lowest BCUT2D eigenvalue weighted by Crippen LogP contribution is -2.41. The lowest BCUT2D eigenvalue weighted by molar-refractivity contribution is -0.0500. The van der Waals surface area contributed by atoms with E-state index in [2.05, 4.69) is 5.32 Å². The molecule has 0 bridgehead atoms. The zero-order chi connectivity index (χ0) is 10.0. The van der Waals surface area contributed by atoms with Crippen molar-refractivity contribution in [1.82, 2.24) is 5.32 Å².